The van der Waals surface area contributed by atoms with Gasteiger partial charge in [-0.15, -0.1) is 11.3 Å². The molecule has 1 atom stereocenters. The predicted octanol–water partition coefficient (Wildman–Crippen LogP) is 2.31. The Hall–Kier alpha value is -0.450. The Kier molecular flexibility index (Phi) is 5.95. The molecular weight excluding hydrogens is 218 g/mol. The molecule has 1 aromatic heterocycles. The van der Waals surface area contributed by atoms with Crippen molar-refractivity contribution < 1.29 is 0 Å². The summed E-state index contributed by atoms with van der Waals surface area (Å²) in [7, 11) is 4.19. The lowest BCUT2D eigenvalue weighted by molar-refractivity contribution is 0.413. The van der Waals surface area contributed by atoms with Crippen molar-refractivity contribution in [3.63, 3.8) is 0 Å². The second-order valence-electron chi connectivity index (χ2n) is 4.39. The van der Waals surface area contributed by atoms with Gasteiger partial charge < -0.3 is 10.2 Å². The molecule has 0 aromatic carbocycles. The number of hydrogen-bond donors (Lipinski definition) is 1. The second-order valence-corrected chi connectivity index (χ2v) is 5.53. The molecule has 0 aliphatic carbocycles. The summed E-state index contributed by atoms with van der Waals surface area (Å²) in [4.78, 5) is 8.01. The average Bonchev–Trinajstić information content (AvgIpc) is 2.71. The summed E-state index contributed by atoms with van der Waals surface area (Å²) in [6.07, 6.45) is 4.25. The van der Waals surface area contributed by atoms with Crippen LogP contribution < -0.4 is 5.32 Å². The number of rotatable bonds is 7. The molecule has 3 nitrogen and oxygen atoms in total. The highest BCUT2D eigenvalue weighted by Gasteiger charge is 2.08. The molecule has 0 saturated carbocycles. The Morgan fingerprint density at radius 2 is 2.25 bits per heavy atom. The molecule has 0 bridgehead atoms. The number of nitrogens with zero attached hydrogens (tertiary/aromatic N) is 2. The molecule has 16 heavy (non-hydrogen) atoms. The zero-order valence-corrected chi connectivity index (χ0v) is 11.6. The number of thiazole rings is 1. The van der Waals surface area contributed by atoms with Gasteiger partial charge >= 0.3 is 0 Å². The lowest BCUT2D eigenvalue weighted by Crippen LogP contribution is -2.18. The number of hydrogen-bond acceptors (Lipinski definition) is 4. The monoisotopic (exact) mass is 241 g/mol. The van der Waals surface area contributed by atoms with Gasteiger partial charge in [-0.2, -0.15) is 0 Å². The van der Waals surface area contributed by atoms with Crippen molar-refractivity contribution in [3.05, 3.63) is 16.1 Å². The van der Waals surface area contributed by atoms with Crippen molar-refractivity contribution in [1.29, 1.82) is 0 Å². The molecule has 1 aromatic rings. The Morgan fingerprint density at radius 1 is 1.50 bits per heavy atom. The van der Waals surface area contributed by atoms with Gasteiger partial charge in [-0.3, -0.25) is 0 Å². The van der Waals surface area contributed by atoms with Crippen molar-refractivity contribution >= 4 is 11.3 Å². The first-order valence-corrected chi connectivity index (χ1v) is 6.77. The van der Waals surface area contributed by atoms with Gasteiger partial charge in [-0.05, 0) is 34.0 Å². The van der Waals surface area contributed by atoms with Gasteiger partial charge in [0.1, 0.15) is 0 Å². The molecule has 92 valence electrons. The Morgan fingerprint density at radius 3 is 2.88 bits per heavy atom. The van der Waals surface area contributed by atoms with Crippen molar-refractivity contribution in [2.45, 2.75) is 32.7 Å². The molecule has 0 aliphatic rings. The average molecular weight is 241 g/mol. The Bertz CT molecular complexity index is 296. The smallest absolute Gasteiger partial charge is 0.0941 e. The van der Waals surface area contributed by atoms with Crippen LogP contribution in [0, 0.1) is 0 Å². The quantitative estimate of drug-likeness (QED) is 0.794. The molecule has 4 heteroatoms. The summed E-state index contributed by atoms with van der Waals surface area (Å²) >= 11 is 1.83. The van der Waals surface area contributed by atoms with Crippen molar-refractivity contribution in [1.82, 2.24) is 15.2 Å². The second kappa shape index (κ2) is 6.99. The normalized spacial score (nSPS) is 13.3. The first-order chi connectivity index (χ1) is 7.63. The Labute approximate surface area is 103 Å². The summed E-state index contributed by atoms with van der Waals surface area (Å²) in [5.74, 6) is 0. The van der Waals surface area contributed by atoms with Crippen LogP contribution in [0.25, 0.3) is 0 Å². The fraction of sp³-hybridized carbons (Fsp3) is 0.750. The molecule has 1 unspecified atom stereocenters. The molecule has 0 amide bonds. The van der Waals surface area contributed by atoms with Crippen LogP contribution in [0.4, 0.5) is 0 Å². The maximum absolute atomic E-state index is 4.47. The van der Waals surface area contributed by atoms with E-state index in [1.54, 1.807) is 0 Å². The van der Waals surface area contributed by atoms with Gasteiger partial charge in [0.2, 0.25) is 0 Å². The third kappa shape index (κ3) is 4.60. The molecule has 0 saturated heterocycles. The minimum atomic E-state index is 0.436. The van der Waals surface area contributed by atoms with E-state index in [1.807, 2.05) is 17.5 Å². The molecule has 0 spiro atoms. The first-order valence-electron chi connectivity index (χ1n) is 5.96. The van der Waals surface area contributed by atoms with Crippen LogP contribution in [-0.4, -0.2) is 37.1 Å². The SMILES string of the molecule is CCCNC(C)c1cnc(CCN(C)C)s1. The van der Waals surface area contributed by atoms with E-state index >= 15 is 0 Å². The van der Waals surface area contributed by atoms with Crippen LogP contribution in [0.5, 0.6) is 0 Å². The van der Waals surface area contributed by atoms with E-state index in [2.05, 4.69) is 43.1 Å². The van der Waals surface area contributed by atoms with Gasteiger partial charge in [0.15, 0.2) is 0 Å². The predicted molar refractivity (Wildman–Crippen MR) is 71.1 cm³/mol. The fourth-order valence-electron chi connectivity index (χ4n) is 1.42. The van der Waals surface area contributed by atoms with Crippen LogP contribution in [0.2, 0.25) is 0 Å². The highest BCUT2D eigenvalue weighted by Crippen LogP contribution is 2.20. The van der Waals surface area contributed by atoms with Gasteiger partial charge in [0.25, 0.3) is 0 Å². The molecule has 1 N–H and O–H groups in total. The first kappa shape index (κ1) is 13.6. The van der Waals surface area contributed by atoms with Crippen molar-refractivity contribution in [3.8, 4) is 0 Å². The van der Waals surface area contributed by atoms with Crippen molar-refractivity contribution in [2.24, 2.45) is 0 Å². The lowest BCUT2D eigenvalue weighted by atomic mass is 10.3. The van der Waals surface area contributed by atoms with Crippen LogP contribution in [-0.2, 0) is 6.42 Å². The maximum atomic E-state index is 4.47. The van der Waals surface area contributed by atoms with Gasteiger partial charge in [0.05, 0.1) is 5.01 Å². The molecule has 1 heterocycles. The highest BCUT2D eigenvalue weighted by molar-refractivity contribution is 7.11. The summed E-state index contributed by atoms with van der Waals surface area (Å²) < 4.78 is 0. The lowest BCUT2D eigenvalue weighted by Gasteiger charge is -2.10. The molecule has 0 fully saturated rings. The number of nitrogens with one attached hydrogen (secondary N) is 1. The van der Waals surface area contributed by atoms with Crippen LogP contribution >= 0.6 is 11.3 Å². The van der Waals surface area contributed by atoms with E-state index in [4.69, 9.17) is 0 Å². The number of aromatic nitrogens is 1. The van der Waals surface area contributed by atoms with E-state index in [0.717, 1.165) is 19.5 Å². The largest absolute Gasteiger partial charge is 0.309 e. The Balaban J connectivity index is 2.43. The van der Waals surface area contributed by atoms with Gasteiger partial charge in [-0.25, -0.2) is 4.98 Å². The minimum absolute atomic E-state index is 0.436. The molecule has 0 aliphatic heterocycles. The van der Waals surface area contributed by atoms with Crippen LogP contribution in [0.15, 0.2) is 6.20 Å². The zero-order valence-electron chi connectivity index (χ0n) is 10.8. The van der Waals surface area contributed by atoms with Gasteiger partial charge in [0, 0.05) is 30.1 Å². The standard InChI is InChI=1S/C12H23N3S/c1-5-7-13-10(2)11-9-14-12(16-11)6-8-15(3)4/h9-10,13H,5-8H2,1-4H3. The minimum Gasteiger partial charge on any atom is -0.309 e. The highest BCUT2D eigenvalue weighted by atomic mass is 32.1. The van der Waals surface area contributed by atoms with E-state index in [0.29, 0.717) is 6.04 Å². The van der Waals surface area contributed by atoms with Gasteiger partial charge in [-0.1, -0.05) is 6.92 Å². The summed E-state index contributed by atoms with van der Waals surface area (Å²) in [6, 6.07) is 0.436. The zero-order chi connectivity index (χ0) is 12.0. The third-order valence-corrected chi connectivity index (χ3v) is 3.71. The molecule has 1 rings (SSSR count). The summed E-state index contributed by atoms with van der Waals surface area (Å²) in [5, 5.41) is 4.73. The summed E-state index contributed by atoms with van der Waals surface area (Å²) in [5.41, 5.74) is 0. The molecule has 0 radical (unpaired) electrons. The van der Waals surface area contributed by atoms with E-state index in [1.165, 1.54) is 16.3 Å². The van der Waals surface area contributed by atoms with E-state index in [-0.39, 0.29) is 0 Å². The molecular formula is C12H23N3S. The van der Waals surface area contributed by atoms with Crippen molar-refractivity contribution in [2.75, 3.05) is 27.2 Å². The topological polar surface area (TPSA) is 28.2 Å². The number of likely N-dealkylation sites (N-methyl/N-ethyl adjacent to an activating group) is 1. The van der Waals surface area contributed by atoms with Crippen LogP contribution in [0.1, 0.15) is 36.2 Å². The van der Waals surface area contributed by atoms with E-state index in [9.17, 15) is 0 Å². The fourth-order valence-corrected chi connectivity index (χ4v) is 2.36. The third-order valence-electron chi connectivity index (χ3n) is 2.47. The van der Waals surface area contributed by atoms with Crippen LogP contribution in [0.3, 0.4) is 0 Å². The van der Waals surface area contributed by atoms with E-state index < -0.39 is 0 Å². The maximum Gasteiger partial charge on any atom is 0.0941 e. The summed E-state index contributed by atoms with van der Waals surface area (Å²) in [6.45, 7) is 6.55.